The lowest BCUT2D eigenvalue weighted by Gasteiger charge is -2.41. The number of benzene rings is 4. The number of phenolic OH excluding ortho intramolecular Hbond substituents is 1. The number of aliphatic hydroxyl groups is 1. The molecule has 7 rings (SSSR count). The minimum atomic E-state index is -0.634. The van der Waals surface area contributed by atoms with Crippen molar-refractivity contribution < 1.29 is 24.5 Å². The third-order valence-electron chi connectivity index (χ3n) is 8.86. The van der Waals surface area contributed by atoms with Crippen LogP contribution in [-0.2, 0) is 22.6 Å². The molecule has 3 N–H and O–H groups in total. The highest BCUT2D eigenvalue weighted by molar-refractivity contribution is 7.99. The first-order chi connectivity index (χ1) is 24.9. The number of aliphatic hydroxyl groups excluding tert-OH is 1. The molecule has 12 heteroatoms. The standard InChI is InChI=1S/C39H36N6O5S/c1-25-35(24-51-39-42-43-44-45(39)33-15-17-34(47)18-16-33)49-38(50-36(25)29-9-7-26(23-46)8-10-29)30-13-11-28(12-14-30)31-5-2-4-27(20-31)21-41-37(48)32-6-3-19-40-22-32/h2-20,22,25,35-36,38,46-47H,21,23-24H2,1H3,(H,41,48)/t25-,35+,36+,38+/m1/s1. The molecule has 1 saturated heterocycles. The molecule has 2 aromatic heterocycles. The number of ether oxygens (including phenoxy) is 2. The number of phenols is 1. The second kappa shape index (κ2) is 15.7. The number of pyridine rings is 1. The van der Waals surface area contributed by atoms with Crippen molar-refractivity contribution in [2.75, 3.05) is 5.75 Å². The van der Waals surface area contributed by atoms with E-state index in [9.17, 15) is 15.0 Å². The van der Waals surface area contributed by atoms with Crippen LogP contribution >= 0.6 is 11.8 Å². The van der Waals surface area contributed by atoms with E-state index in [2.05, 4.69) is 38.8 Å². The fraction of sp³-hybridized carbons (Fsp3) is 0.205. The molecule has 4 atom stereocenters. The van der Waals surface area contributed by atoms with Crippen LogP contribution in [0.2, 0.25) is 0 Å². The van der Waals surface area contributed by atoms with E-state index in [4.69, 9.17) is 9.47 Å². The zero-order valence-electron chi connectivity index (χ0n) is 27.7. The van der Waals surface area contributed by atoms with Crippen LogP contribution < -0.4 is 5.32 Å². The largest absolute Gasteiger partial charge is 0.508 e. The molecule has 11 nitrogen and oxygen atoms in total. The van der Waals surface area contributed by atoms with Crippen LogP contribution in [0.15, 0.2) is 127 Å². The van der Waals surface area contributed by atoms with E-state index in [0.29, 0.717) is 23.0 Å². The number of amides is 1. The maximum Gasteiger partial charge on any atom is 0.253 e. The van der Waals surface area contributed by atoms with Crippen molar-refractivity contribution in [2.24, 2.45) is 5.92 Å². The highest BCUT2D eigenvalue weighted by atomic mass is 32.2. The van der Waals surface area contributed by atoms with E-state index in [1.807, 2.05) is 66.7 Å². The maximum atomic E-state index is 12.5. The average Bonchev–Trinajstić information content (AvgIpc) is 3.66. The number of thioether (sulfide) groups is 1. The predicted molar refractivity (Wildman–Crippen MR) is 192 cm³/mol. The molecule has 0 aliphatic carbocycles. The molecule has 4 aromatic carbocycles. The van der Waals surface area contributed by atoms with Gasteiger partial charge in [-0.25, -0.2) is 0 Å². The summed E-state index contributed by atoms with van der Waals surface area (Å²) in [5.74, 6) is 0.536. The summed E-state index contributed by atoms with van der Waals surface area (Å²) in [6.45, 7) is 2.48. The molecule has 1 amide bonds. The summed E-state index contributed by atoms with van der Waals surface area (Å²) in [6, 6.07) is 34.2. The molecule has 0 spiro atoms. The normalized spacial score (nSPS) is 18.7. The molecule has 51 heavy (non-hydrogen) atoms. The Kier molecular flexibility index (Phi) is 10.5. The molecular formula is C39H36N6O5S. The maximum absolute atomic E-state index is 12.5. The first kappa shape index (κ1) is 34.1. The van der Waals surface area contributed by atoms with Gasteiger partial charge in [-0.2, -0.15) is 4.68 Å². The fourth-order valence-electron chi connectivity index (χ4n) is 5.97. The zero-order chi connectivity index (χ0) is 35.2. The first-order valence-corrected chi connectivity index (χ1v) is 17.5. The summed E-state index contributed by atoms with van der Waals surface area (Å²) < 4.78 is 15.0. The molecular weight excluding hydrogens is 665 g/mol. The minimum Gasteiger partial charge on any atom is -0.508 e. The molecule has 0 bridgehead atoms. The van der Waals surface area contributed by atoms with Crippen LogP contribution in [0.1, 0.15) is 51.9 Å². The SMILES string of the molecule is C[C@@H]1[C@H](CSc2nnnn2-c2ccc(O)cc2)O[C@H](c2ccc(-c3cccc(CNC(=O)c4cccnc4)c3)cc2)O[C@@H]1c1ccc(CO)cc1. The van der Waals surface area contributed by atoms with Gasteiger partial charge in [-0.3, -0.25) is 9.78 Å². The van der Waals surface area contributed by atoms with Crippen LogP contribution in [0.4, 0.5) is 0 Å². The zero-order valence-corrected chi connectivity index (χ0v) is 28.6. The summed E-state index contributed by atoms with van der Waals surface area (Å²) in [6.07, 6.45) is 2.06. The van der Waals surface area contributed by atoms with Crippen LogP contribution in [0.3, 0.4) is 0 Å². The molecule has 0 radical (unpaired) electrons. The van der Waals surface area contributed by atoms with E-state index in [0.717, 1.165) is 39.1 Å². The summed E-state index contributed by atoms with van der Waals surface area (Å²) in [5, 5.41) is 35.2. The smallest absolute Gasteiger partial charge is 0.253 e. The van der Waals surface area contributed by atoms with E-state index in [1.165, 1.54) is 11.8 Å². The molecule has 0 unspecified atom stereocenters. The Morgan fingerprint density at radius 3 is 2.41 bits per heavy atom. The summed E-state index contributed by atoms with van der Waals surface area (Å²) in [5.41, 5.74) is 7.00. The van der Waals surface area contributed by atoms with Crippen LogP contribution in [-0.4, -0.2) is 53.2 Å². The van der Waals surface area contributed by atoms with Crippen molar-refractivity contribution >= 4 is 17.7 Å². The number of aromatic hydroxyl groups is 1. The van der Waals surface area contributed by atoms with Gasteiger partial charge in [0.15, 0.2) is 6.29 Å². The topological polar surface area (TPSA) is 145 Å². The van der Waals surface area contributed by atoms with Gasteiger partial charge >= 0.3 is 0 Å². The monoisotopic (exact) mass is 700 g/mol. The average molecular weight is 701 g/mol. The Morgan fingerprint density at radius 2 is 1.67 bits per heavy atom. The number of aromatic nitrogens is 5. The van der Waals surface area contributed by atoms with Gasteiger partial charge in [0, 0.05) is 36.2 Å². The highest BCUT2D eigenvalue weighted by Crippen LogP contribution is 2.43. The van der Waals surface area contributed by atoms with Crippen LogP contribution in [0, 0.1) is 5.92 Å². The molecule has 1 fully saturated rings. The van der Waals surface area contributed by atoms with Gasteiger partial charge < -0.3 is 25.0 Å². The molecule has 1 aliphatic rings. The predicted octanol–water partition coefficient (Wildman–Crippen LogP) is 6.44. The van der Waals surface area contributed by atoms with E-state index in [1.54, 1.807) is 53.5 Å². The van der Waals surface area contributed by atoms with Crippen LogP contribution in [0.25, 0.3) is 16.8 Å². The number of hydrogen-bond donors (Lipinski definition) is 3. The first-order valence-electron chi connectivity index (χ1n) is 16.5. The van der Waals surface area contributed by atoms with Gasteiger partial charge in [0.25, 0.3) is 5.91 Å². The Balaban J connectivity index is 1.08. The lowest BCUT2D eigenvalue weighted by Crippen LogP contribution is -2.38. The van der Waals surface area contributed by atoms with Gasteiger partial charge in [0.05, 0.1) is 30.1 Å². The number of hydrogen-bond acceptors (Lipinski definition) is 10. The van der Waals surface area contributed by atoms with Crippen molar-refractivity contribution in [3.63, 3.8) is 0 Å². The summed E-state index contributed by atoms with van der Waals surface area (Å²) in [4.78, 5) is 16.5. The van der Waals surface area contributed by atoms with Crippen molar-refractivity contribution in [1.82, 2.24) is 30.5 Å². The second-order valence-corrected chi connectivity index (χ2v) is 13.3. The Labute approximate surface area is 299 Å². The number of nitrogens with one attached hydrogen (secondary N) is 1. The second-order valence-electron chi connectivity index (χ2n) is 12.3. The number of rotatable bonds is 11. The molecule has 6 aromatic rings. The summed E-state index contributed by atoms with van der Waals surface area (Å²) in [7, 11) is 0. The van der Waals surface area contributed by atoms with Crippen molar-refractivity contribution in [3.05, 3.63) is 149 Å². The van der Waals surface area contributed by atoms with Gasteiger partial charge in [-0.1, -0.05) is 85.4 Å². The van der Waals surface area contributed by atoms with Gasteiger partial charge in [-0.05, 0) is 80.7 Å². The third kappa shape index (κ3) is 8.00. The summed E-state index contributed by atoms with van der Waals surface area (Å²) >= 11 is 1.49. The molecule has 3 heterocycles. The number of carbonyl (C=O) groups is 1. The molecule has 1 aliphatic heterocycles. The Bertz CT molecular complexity index is 2060. The number of nitrogens with zero attached hydrogens (tertiary/aromatic N) is 5. The van der Waals surface area contributed by atoms with Gasteiger partial charge in [-0.15, -0.1) is 5.10 Å². The quantitative estimate of drug-likeness (QED) is 0.129. The Morgan fingerprint density at radius 1 is 0.882 bits per heavy atom. The van der Waals surface area contributed by atoms with Gasteiger partial charge in [0.2, 0.25) is 5.16 Å². The van der Waals surface area contributed by atoms with Crippen molar-refractivity contribution in [1.29, 1.82) is 0 Å². The van der Waals surface area contributed by atoms with E-state index >= 15 is 0 Å². The fourth-order valence-corrected chi connectivity index (χ4v) is 7.02. The van der Waals surface area contributed by atoms with E-state index in [-0.39, 0.29) is 36.4 Å². The third-order valence-corrected chi connectivity index (χ3v) is 9.86. The van der Waals surface area contributed by atoms with E-state index < -0.39 is 6.29 Å². The Hall–Kier alpha value is -5.40. The molecule has 0 saturated carbocycles. The van der Waals surface area contributed by atoms with Crippen molar-refractivity contribution in [3.8, 4) is 22.6 Å². The lowest BCUT2D eigenvalue weighted by molar-refractivity contribution is -0.268. The molecule has 258 valence electrons. The van der Waals surface area contributed by atoms with Crippen molar-refractivity contribution in [2.45, 2.75) is 43.7 Å². The minimum absolute atomic E-state index is 0.0209. The van der Waals surface area contributed by atoms with Crippen LogP contribution in [0.5, 0.6) is 5.75 Å². The lowest BCUT2D eigenvalue weighted by atomic mass is 9.91. The van der Waals surface area contributed by atoms with Gasteiger partial charge in [0.1, 0.15) is 5.75 Å². The highest BCUT2D eigenvalue weighted by Gasteiger charge is 2.38. The number of carbonyl (C=O) groups excluding carboxylic acids is 1. The number of tetrazole rings is 1.